The molecular weight excluding hydrogens is 216 g/mol. The number of nitrogens with two attached hydrogens (primary N) is 1. The highest BCUT2D eigenvalue weighted by Crippen LogP contribution is 2.12. The summed E-state index contributed by atoms with van der Waals surface area (Å²) in [5, 5.41) is 0. The lowest BCUT2D eigenvalue weighted by molar-refractivity contribution is -0.133. The Hall–Kier alpha value is -0.610. The van der Waals surface area contributed by atoms with E-state index >= 15 is 0 Å². The largest absolute Gasteiger partial charge is 0.383 e. The predicted molar refractivity (Wildman–Crippen MR) is 70.8 cm³/mol. The molecule has 0 fully saturated rings. The Balaban J connectivity index is 4.05. The van der Waals surface area contributed by atoms with Crippen LogP contribution in [-0.4, -0.2) is 43.7 Å². The van der Waals surface area contributed by atoms with Gasteiger partial charge in [0.2, 0.25) is 5.91 Å². The number of nitrogens with zero attached hydrogens (tertiary/aromatic N) is 1. The van der Waals surface area contributed by atoms with E-state index < -0.39 is 0 Å². The summed E-state index contributed by atoms with van der Waals surface area (Å²) in [5.74, 6) is 0.751. The van der Waals surface area contributed by atoms with Gasteiger partial charge in [0, 0.05) is 26.1 Å². The highest BCUT2D eigenvalue weighted by molar-refractivity contribution is 5.76. The van der Waals surface area contributed by atoms with Crippen molar-refractivity contribution < 1.29 is 9.53 Å². The summed E-state index contributed by atoms with van der Waals surface area (Å²) in [5.41, 5.74) is 5.50. The van der Waals surface area contributed by atoms with Gasteiger partial charge in [-0.3, -0.25) is 4.79 Å². The SMILES string of the molecule is COCCN(C(=O)CCC(C)CCN)C(C)C. The first kappa shape index (κ1) is 16.4. The van der Waals surface area contributed by atoms with Crippen LogP contribution in [0.15, 0.2) is 0 Å². The number of carbonyl (C=O) groups is 1. The Morgan fingerprint density at radius 3 is 2.41 bits per heavy atom. The number of ether oxygens (including phenoxy) is 1. The zero-order valence-electron chi connectivity index (χ0n) is 11.7. The molecule has 0 saturated carbocycles. The highest BCUT2D eigenvalue weighted by atomic mass is 16.5. The van der Waals surface area contributed by atoms with Crippen molar-refractivity contribution in [1.82, 2.24) is 4.90 Å². The third-order valence-corrected chi connectivity index (χ3v) is 2.99. The minimum Gasteiger partial charge on any atom is -0.383 e. The summed E-state index contributed by atoms with van der Waals surface area (Å²) in [6, 6.07) is 0.238. The normalized spacial score (nSPS) is 12.8. The molecule has 1 atom stereocenters. The molecule has 0 saturated heterocycles. The van der Waals surface area contributed by atoms with Gasteiger partial charge in [0.1, 0.15) is 0 Å². The Morgan fingerprint density at radius 2 is 1.94 bits per heavy atom. The lowest BCUT2D eigenvalue weighted by Gasteiger charge is -2.27. The third kappa shape index (κ3) is 7.34. The Labute approximate surface area is 105 Å². The van der Waals surface area contributed by atoms with Crippen LogP contribution in [0, 0.1) is 5.92 Å². The number of carbonyl (C=O) groups excluding carboxylic acids is 1. The molecule has 0 heterocycles. The number of amides is 1. The standard InChI is InChI=1S/C13H28N2O2/c1-11(2)15(9-10-17-4)13(16)6-5-12(3)7-8-14/h11-12H,5-10,14H2,1-4H3. The average molecular weight is 244 g/mol. The van der Waals surface area contributed by atoms with Crippen LogP contribution in [0.4, 0.5) is 0 Å². The molecular formula is C13H28N2O2. The molecule has 1 unspecified atom stereocenters. The van der Waals surface area contributed by atoms with E-state index in [4.69, 9.17) is 10.5 Å². The van der Waals surface area contributed by atoms with Crippen molar-refractivity contribution in [2.24, 2.45) is 11.7 Å². The van der Waals surface area contributed by atoms with E-state index in [1.165, 1.54) is 0 Å². The van der Waals surface area contributed by atoms with E-state index in [-0.39, 0.29) is 11.9 Å². The second-order valence-electron chi connectivity index (χ2n) is 4.89. The van der Waals surface area contributed by atoms with Gasteiger partial charge in [0.05, 0.1) is 6.61 Å². The monoisotopic (exact) mass is 244 g/mol. The van der Waals surface area contributed by atoms with Crippen molar-refractivity contribution in [3.05, 3.63) is 0 Å². The quantitative estimate of drug-likeness (QED) is 0.671. The summed E-state index contributed by atoms with van der Waals surface area (Å²) in [7, 11) is 1.66. The van der Waals surface area contributed by atoms with Gasteiger partial charge in [-0.05, 0) is 39.2 Å². The van der Waals surface area contributed by atoms with E-state index in [0.717, 1.165) is 12.8 Å². The molecule has 102 valence electrons. The number of methoxy groups -OCH3 is 1. The Bertz CT molecular complexity index is 208. The number of hydrogen-bond donors (Lipinski definition) is 1. The van der Waals surface area contributed by atoms with E-state index in [0.29, 0.717) is 32.0 Å². The van der Waals surface area contributed by atoms with E-state index in [2.05, 4.69) is 6.92 Å². The molecule has 0 aromatic heterocycles. The molecule has 0 bridgehead atoms. The Morgan fingerprint density at radius 1 is 1.29 bits per heavy atom. The molecule has 1 amide bonds. The summed E-state index contributed by atoms with van der Waals surface area (Å²) in [6.07, 6.45) is 2.53. The molecule has 0 aliphatic heterocycles. The molecule has 0 spiro atoms. The summed E-state index contributed by atoms with van der Waals surface area (Å²) < 4.78 is 5.03. The molecule has 0 rings (SSSR count). The van der Waals surface area contributed by atoms with Crippen LogP contribution in [0.1, 0.15) is 40.0 Å². The van der Waals surface area contributed by atoms with Crippen LogP contribution in [0.25, 0.3) is 0 Å². The molecule has 17 heavy (non-hydrogen) atoms. The molecule has 0 aliphatic carbocycles. The zero-order chi connectivity index (χ0) is 13.3. The maximum absolute atomic E-state index is 12.0. The minimum atomic E-state index is 0.223. The first-order chi connectivity index (χ1) is 8.02. The lowest BCUT2D eigenvalue weighted by atomic mass is 10.0. The topological polar surface area (TPSA) is 55.6 Å². The van der Waals surface area contributed by atoms with Crippen LogP contribution >= 0.6 is 0 Å². The van der Waals surface area contributed by atoms with Gasteiger partial charge in [-0.25, -0.2) is 0 Å². The van der Waals surface area contributed by atoms with Crippen LogP contribution in [-0.2, 0) is 9.53 Å². The predicted octanol–water partition coefficient (Wildman–Crippen LogP) is 1.63. The molecule has 0 aromatic carbocycles. The lowest BCUT2D eigenvalue weighted by Crippen LogP contribution is -2.39. The molecule has 2 N–H and O–H groups in total. The molecule has 4 heteroatoms. The van der Waals surface area contributed by atoms with Gasteiger partial charge in [-0.2, -0.15) is 0 Å². The second kappa shape index (κ2) is 9.42. The fourth-order valence-corrected chi connectivity index (χ4v) is 1.80. The zero-order valence-corrected chi connectivity index (χ0v) is 11.7. The number of rotatable bonds is 9. The average Bonchev–Trinajstić information content (AvgIpc) is 2.27. The van der Waals surface area contributed by atoms with Crippen LogP contribution < -0.4 is 5.73 Å². The summed E-state index contributed by atoms with van der Waals surface area (Å²) >= 11 is 0. The van der Waals surface area contributed by atoms with E-state index in [1.807, 2.05) is 18.7 Å². The molecule has 0 aromatic rings. The minimum absolute atomic E-state index is 0.223. The van der Waals surface area contributed by atoms with Crippen LogP contribution in [0.3, 0.4) is 0 Å². The summed E-state index contributed by atoms with van der Waals surface area (Å²) in [4.78, 5) is 13.9. The van der Waals surface area contributed by atoms with E-state index in [9.17, 15) is 4.79 Å². The van der Waals surface area contributed by atoms with Gasteiger partial charge < -0.3 is 15.4 Å². The van der Waals surface area contributed by atoms with Crippen LogP contribution in [0.5, 0.6) is 0 Å². The van der Waals surface area contributed by atoms with Gasteiger partial charge in [0.15, 0.2) is 0 Å². The van der Waals surface area contributed by atoms with Crippen molar-refractivity contribution in [2.45, 2.75) is 46.1 Å². The fourth-order valence-electron chi connectivity index (χ4n) is 1.80. The number of hydrogen-bond acceptors (Lipinski definition) is 3. The first-order valence-electron chi connectivity index (χ1n) is 6.51. The van der Waals surface area contributed by atoms with Crippen molar-refractivity contribution in [1.29, 1.82) is 0 Å². The third-order valence-electron chi connectivity index (χ3n) is 2.99. The van der Waals surface area contributed by atoms with E-state index in [1.54, 1.807) is 7.11 Å². The second-order valence-corrected chi connectivity index (χ2v) is 4.89. The smallest absolute Gasteiger partial charge is 0.222 e. The summed E-state index contributed by atoms with van der Waals surface area (Å²) in [6.45, 7) is 8.20. The van der Waals surface area contributed by atoms with Gasteiger partial charge in [-0.1, -0.05) is 6.92 Å². The highest BCUT2D eigenvalue weighted by Gasteiger charge is 2.16. The van der Waals surface area contributed by atoms with Gasteiger partial charge in [-0.15, -0.1) is 0 Å². The molecule has 4 nitrogen and oxygen atoms in total. The van der Waals surface area contributed by atoms with Crippen molar-refractivity contribution in [3.8, 4) is 0 Å². The maximum Gasteiger partial charge on any atom is 0.222 e. The van der Waals surface area contributed by atoms with Crippen molar-refractivity contribution >= 4 is 5.91 Å². The first-order valence-corrected chi connectivity index (χ1v) is 6.51. The fraction of sp³-hybridized carbons (Fsp3) is 0.923. The van der Waals surface area contributed by atoms with Crippen molar-refractivity contribution in [2.75, 3.05) is 26.8 Å². The Kier molecular flexibility index (Phi) is 9.09. The molecule has 0 radical (unpaired) electrons. The van der Waals surface area contributed by atoms with Gasteiger partial charge in [0.25, 0.3) is 0 Å². The van der Waals surface area contributed by atoms with Gasteiger partial charge >= 0.3 is 0 Å². The maximum atomic E-state index is 12.0. The van der Waals surface area contributed by atoms with Crippen molar-refractivity contribution in [3.63, 3.8) is 0 Å². The van der Waals surface area contributed by atoms with Crippen LogP contribution in [0.2, 0.25) is 0 Å². The molecule has 0 aliphatic rings.